The number of hydrogen-bond acceptors (Lipinski definition) is 4. The van der Waals surface area contributed by atoms with Gasteiger partial charge in [0.1, 0.15) is 6.33 Å². The Bertz CT molecular complexity index is 581. The molecule has 0 aromatic carbocycles. The molecule has 1 N–H and O–H groups in total. The maximum Gasteiger partial charge on any atom is 0.251 e. The van der Waals surface area contributed by atoms with Gasteiger partial charge < -0.3 is 9.13 Å². The molecule has 7 heteroatoms. The van der Waals surface area contributed by atoms with Gasteiger partial charge in [0.05, 0.1) is 6.54 Å². The zero-order chi connectivity index (χ0) is 10.8. The van der Waals surface area contributed by atoms with E-state index in [-0.39, 0.29) is 5.56 Å². The molecular weight excluding hydrogens is 214 g/mol. The van der Waals surface area contributed by atoms with Crippen LogP contribution in [0.3, 0.4) is 0 Å². The van der Waals surface area contributed by atoms with Crippen molar-refractivity contribution in [1.82, 2.24) is 24.3 Å². The van der Waals surface area contributed by atoms with Crippen molar-refractivity contribution in [2.75, 3.05) is 0 Å². The van der Waals surface area contributed by atoms with Crippen LogP contribution in [0.1, 0.15) is 5.82 Å². The number of nitrogens with zero attached hydrogens (tertiary/aromatic N) is 4. The topological polar surface area (TPSA) is 68.5 Å². The van der Waals surface area contributed by atoms with Crippen LogP contribution < -0.4 is 5.56 Å². The number of rotatable bonds is 2. The van der Waals surface area contributed by atoms with Crippen LogP contribution >= 0.6 is 12.2 Å². The quantitative estimate of drug-likeness (QED) is 0.732. The summed E-state index contributed by atoms with van der Waals surface area (Å²) in [6, 6.07) is 1.42. The first-order valence-electron chi connectivity index (χ1n) is 4.29. The summed E-state index contributed by atoms with van der Waals surface area (Å²) in [6.07, 6.45) is 3.25. The van der Waals surface area contributed by atoms with Crippen LogP contribution in [0.5, 0.6) is 0 Å². The Kier molecular flexibility index (Phi) is 2.46. The molecule has 0 saturated carbocycles. The molecule has 2 heterocycles. The SMILES string of the molecule is Cn1cnnc1Cn1ccc(=O)[nH]c1=S. The summed E-state index contributed by atoms with van der Waals surface area (Å²) >= 11 is 5.01. The smallest absolute Gasteiger partial charge is 0.251 e. The van der Waals surface area contributed by atoms with E-state index in [4.69, 9.17) is 12.2 Å². The molecule has 0 unspecified atom stereocenters. The Balaban J connectivity index is 2.37. The van der Waals surface area contributed by atoms with Crippen molar-refractivity contribution in [2.45, 2.75) is 6.54 Å². The fraction of sp³-hybridized carbons (Fsp3) is 0.250. The molecule has 0 saturated heterocycles. The van der Waals surface area contributed by atoms with Gasteiger partial charge in [-0.05, 0) is 12.2 Å². The van der Waals surface area contributed by atoms with E-state index >= 15 is 0 Å². The van der Waals surface area contributed by atoms with Crippen LogP contribution in [-0.4, -0.2) is 24.3 Å². The molecule has 6 nitrogen and oxygen atoms in total. The second-order valence-corrected chi connectivity index (χ2v) is 3.48. The van der Waals surface area contributed by atoms with Crippen molar-refractivity contribution in [1.29, 1.82) is 0 Å². The predicted molar refractivity (Wildman–Crippen MR) is 56.0 cm³/mol. The van der Waals surface area contributed by atoms with Gasteiger partial charge in [-0.1, -0.05) is 0 Å². The van der Waals surface area contributed by atoms with E-state index in [9.17, 15) is 4.79 Å². The summed E-state index contributed by atoms with van der Waals surface area (Å²) in [5.41, 5.74) is -0.200. The van der Waals surface area contributed by atoms with Crippen LogP contribution in [0.4, 0.5) is 0 Å². The normalized spacial score (nSPS) is 10.5. The minimum atomic E-state index is -0.200. The molecule has 0 fully saturated rings. The lowest BCUT2D eigenvalue weighted by Gasteiger charge is -2.04. The van der Waals surface area contributed by atoms with Crippen molar-refractivity contribution in [3.63, 3.8) is 0 Å². The molecule has 0 aliphatic rings. The zero-order valence-electron chi connectivity index (χ0n) is 8.04. The first kappa shape index (κ1) is 9.78. The monoisotopic (exact) mass is 223 g/mol. The fourth-order valence-electron chi connectivity index (χ4n) is 1.17. The Morgan fingerprint density at radius 1 is 1.60 bits per heavy atom. The van der Waals surface area contributed by atoms with E-state index in [2.05, 4.69) is 15.2 Å². The lowest BCUT2D eigenvalue weighted by Crippen LogP contribution is -2.13. The van der Waals surface area contributed by atoms with Gasteiger partial charge >= 0.3 is 0 Å². The van der Waals surface area contributed by atoms with Crippen molar-refractivity contribution >= 4 is 12.2 Å². The molecule has 0 amide bonds. The van der Waals surface area contributed by atoms with Crippen LogP contribution in [0, 0.1) is 4.77 Å². The third kappa shape index (κ3) is 2.01. The largest absolute Gasteiger partial charge is 0.319 e. The molecule has 0 aliphatic carbocycles. The maximum absolute atomic E-state index is 10.9. The zero-order valence-corrected chi connectivity index (χ0v) is 8.86. The molecule has 78 valence electrons. The molecule has 0 radical (unpaired) electrons. The van der Waals surface area contributed by atoms with Gasteiger partial charge in [0.25, 0.3) is 5.56 Å². The van der Waals surface area contributed by atoms with Crippen LogP contribution in [0.2, 0.25) is 0 Å². The first-order valence-corrected chi connectivity index (χ1v) is 4.70. The summed E-state index contributed by atoms with van der Waals surface area (Å²) in [7, 11) is 1.85. The minimum Gasteiger partial charge on any atom is -0.319 e. The van der Waals surface area contributed by atoms with Crippen LogP contribution in [0.25, 0.3) is 0 Å². The number of H-pyrrole nitrogens is 1. The number of aryl methyl sites for hydroxylation is 1. The molecular formula is C8H9N5OS. The molecule has 0 spiro atoms. The maximum atomic E-state index is 10.9. The third-order valence-corrected chi connectivity index (χ3v) is 2.35. The third-order valence-electron chi connectivity index (χ3n) is 2.01. The van der Waals surface area contributed by atoms with E-state index in [1.807, 2.05) is 7.05 Å². The van der Waals surface area contributed by atoms with Crippen molar-refractivity contribution in [2.24, 2.45) is 7.05 Å². The highest BCUT2D eigenvalue weighted by Crippen LogP contribution is 1.96. The molecule has 0 atom stereocenters. The van der Waals surface area contributed by atoms with Gasteiger partial charge in [0.15, 0.2) is 10.6 Å². The van der Waals surface area contributed by atoms with E-state index in [1.165, 1.54) is 6.07 Å². The number of aromatic nitrogens is 5. The van der Waals surface area contributed by atoms with E-state index in [0.29, 0.717) is 11.3 Å². The molecule has 2 aromatic heterocycles. The average molecular weight is 223 g/mol. The van der Waals surface area contributed by atoms with Gasteiger partial charge in [-0.3, -0.25) is 9.78 Å². The molecule has 2 aromatic rings. The Labute approximate surface area is 90.2 Å². The molecule has 15 heavy (non-hydrogen) atoms. The number of nitrogens with one attached hydrogen (secondary N) is 1. The highest BCUT2D eigenvalue weighted by atomic mass is 32.1. The van der Waals surface area contributed by atoms with Crippen LogP contribution in [0.15, 0.2) is 23.4 Å². The van der Waals surface area contributed by atoms with Gasteiger partial charge in [-0.15, -0.1) is 10.2 Å². The fourth-order valence-corrected chi connectivity index (χ4v) is 1.40. The minimum absolute atomic E-state index is 0.200. The summed E-state index contributed by atoms with van der Waals surface area (Å²) < 4.78 is 3.90. The lowest BCUT2D eigenvalue weighted by molar-refractivity contribution is 0.671. The standard InChI is InChI=1S/C8H9N5OS/c1-12-5-9-11-6(12)4-13-3-2-7(14)10-8(13)15/h2-3,5H,4H2,1H3,(H,10,14,15). The Hall–Kier alpha value is -1.76. The summed E-state index contributed by atoms with van der Waals surface area (Å²) in [5, 5.41) is 7.69. The predicted octanol–water partition coefficient (Wildman–Crippen LogP) is 0.0827. The molecule has 0 bridgehead atoms. The summed E-state index contributed by atoms with van der Waals surface area (Å²) in [5.74, 6) is 0.776. The van der Waals surface area contributed by atoms with Crippen LogP contribution in [-0.2, 0) is 13.6 Å². The average Bonchev–Trinajstić information content (AvgIpc) is 2.57. The second-order valence-electron chi connectivity index (χ2n) is 3.10. The first-order chi connectivity index (χ1) is 7.16. The Morgan fingerprint density at radius 2 is 2.40 bits per heavy atom. The van der Waals surface area contributed by atoms with Gasteiger partial charge in [-0.2, -0.15) is 0 Å². The molecule has 2 rings (SSSR count). The number of hydrogen-bond donors (Lipinski definition) is 1. The van der Waals surface area contributed by atoms with Crippen molar-refractivity contribution < 1.29 is 0 Å². The molecule has 0 aliphatic heterocycles. The van der Waals surface area contributed by atoms with Gasteiger partial charge in [0, 0.05) is 19.3 Å². The van der Waals surface area contributed by atoms with E-state index < -0.39 is 0 Å². The van der Waals surface area contributed by atoms with Gasteiger partial charge in [-0.25, -0.2) is 0 Å². The van der Waals surface area contributed by atoms with Crippen molar-refractivity contribution in [3.05, 3.63) is 39.5 Å². The summed E-state index contributed by atoms with van der Waals surface area (Å²) in [4.78, 5) is 13.5. The highest BCUT2D eigenvalue weighted by molar-refractivity contribution is 7.71. The van der Waals surface area contributed by atoms with Gasteiger partial charge in [0.2, 0.25) is 0 Å². The number of aromatic amines is 1. The summed E-state index contributed by atoms with van der Waals surface area (Å²) in [6.45, 7) is 0.492. The Morgan fingerprint density at radius 3 is 3.00 bits per heavy atom. The van der Waals surface area contributed by atoms with E-state index in [0.717, 1.165) is 5.82 Å². The second kappa shape index (κ2) is 3.77. The highest BCUT2D eigenvalue weighted by Gasteiger charge is 2.01. The lowest BCUT2D eigenvalue weighted by atomic mass is 10.5. The van der Waals surface area contributed by atoms with Crippen molar-refractivity contribution in [3.8, 4) is 0 Å². The van der Waals surface area contributed by atoms with E-state index in [1.54, 1.807) is 21.7 Å².